The zero-order chi connectivity index (χ0) is 14.0. The molecule has 0 amide bonds. The standard InChI is InChI=1S/C11H9F2N3O2S/c1-7-4-5-14-11(15-7)16-19(17,18)10-3-2-8(12)6-9(10)13/h2-6H,1H3,(H,14,15,16). The molecule has 0 fully saturated rings. The molecule has 1 aromatic carbocycles. The largest absolute Gasteiger partial charge is 0.267 e. The lowest BCUT2D eigenvalue weighted by Crippen LogP contribution is -2.16. The second-order valence-corrected chi connectivity index (χ2v) is 5.35. The maximum absolute atomic E-state index is 13.4. The van der Waals surface area contributed by atoms with E-state index in [1.165, 1.54) is 6.20 Å². The topological polar surface area (TPSA) is 72.0 Å². The first-order valence-electron chi connectivity index (χ1n) is 5.16. The molecule has 1 N–H and O–H groups in total. The van der Waals surface area contributed by atoms with E-state index >= 15 is 0 Å². The number of anilines is 1. The Hall–Kier alpha value is -2.09. The van der Waals surface area contributed by atoms with E-state index in [4.69, 9.17) is 0 Å². The molecule has 0 spiro atoms. The van der Waals surface area contributed by atoms with Crippen LogP contribution in [0.15, 0.2) is 35.4 Å². The summed E-state index contributed by atoms with van der Waals surface area (Å²) in [5, 5.41) is 0. The Labute approximate surface area is 108 Å². The van der Waals surface area contributed by atoms with Gasteiger partial charge in [-0.25, -0.2) is 31.9 Å². The van der Waals surface area contributed by atoms with E-state index < -0.39 is 26.6 Å². The summed E-state index contributed by atoms with van der Waals surface area (Å²) < 4.78 is 52.0. The minimum absolute atomic E-state index is 0.177. The van der Waals surface area contributed by atoms with Crippen LogP contribution in [0.1, 0.15) is 5.69 Å². The summed E-state index contributed by atoms with van der Waals surface area (Å²) in [6.07, 6.45) is 1.36. The molecule has 0 atom stereocenters. The lowest BCUT2D eigenvalue weighted by molar-refractivity contribution is 0.551. The summed E-state index contributed by atoms with van der Waals surface area (Å²) in [6.45, 7) is 1.65. The fourth-order valence-corrected chi connectivity index (χ4v) is 2.38. The van der Waals surface area contributed by atoms with Crippen molar-refractivity contribution < 1.29 is 17.2 Å². The van der Waals surface area contributed by atoms with Crippen molar-refractivity contribution in [1.29, 1.82) is 0 Å². The third kappa shape index (κ3) is 3.02. The number of nitrogens with one attached hydrogen (secondary N) is 1. The van der Waals surface area contributed by atoms with Gasteiger partial charge in [0.15, 0.2) is 0 Å². The fraction of sp³-hybridized carbons (Fsp3) is 0.0909. The summed E-state index contributed by atoms with van der Waals surface area (Å²) in [4.78, 5) is 6.87. The normalized spacial score (nSPS) is 11.3. The van der Waals surface area contributed by atoms with Gasteiger partial charge in [0.25, 0.3) is 10.0 Å². The Morgan fingerprint density at radius 2 is 1.95 bits per heavy atom. The Morgan fingerprint density at radius 1 is 1.21 bits per heavy atom. The molecular formula is C11H9F2N3O2S. The Bertz CT molecular complexity index is 720. The maximum atomic E-state index is 13.4. The van der Waals surface area contributed by atoms with Gasteiger partial charge in [-0.2, -0.15) is 0 Å². The lowest BCUT2D eigenvalue weighted by atomic mass is 10.3. The highest BCUT2D eigenvalue weighted by molar-refractivity contribution is 7.92. The van der Waals surface area contributed by atoms with E-state index in [0.29, 0.717) is 11.8 Å². The first kappa shape index (κ1) is 13.3. The van der Waals surface area contributed by atoms with Gasteiger partial charge in [-0.15, -0.1) is 0 Å². The summed E-state index contributed by atoms with van der Waals surface area (Å²) >= 11 is 0. The minimum atomic E-state index is -4.19. The molecule has 0 bridgehead atoms. The molecule has 19 heavy (non-hydrogen) atoms. The van der Waals surface area contributed by atoms with Crippen molar-refractivity contribution in [1.82, 2.24) is 9.97 Å². The summed E-state index contributed by atoms with van der Waals surface area (Å²) in [5.41, 5.74) is 0.548. The molecule has 0 saturated heterocycles. The van der Waals surface area contributed by atoms with Crippen LogP contribution in [-0.2, 0) is 10.0 Å². The van der Waals surface area contributed by atoms with Crippen LogP contribution in [0.3, 0.4) is 0 Å². The summed E-state index contributed by atoms with van der Waals surface area (Å²) in [5.74, 6) is -2.22. The molecule has 0 radical (unpaired) electrons. The Balaban J connectivity index is 2.38. The third-order valence-electron chi connectivity index (χ3n) is 2.20. The van der Waals surface area contributed by atoms with E-state index in [-0.39, 0.29) is 5.95 Å². The highest BCUT2D eigenvalue weighted by Crippen LogP contribution is 2.17. The summed E-state index contributed by atoms with van der Waals surface area (Å²) in [6, 6.07) is 3.76. The lowest BCUT2D eigenvalue weighted by Gasteiger charge is -2.07. The first-order chi connectivity index (χ1) is 8.88. The van der Waals surface area contributed by atoms with Crippen LogP contribution < -0.4 is 4.72 Å². The van der Waals surface area contributed by atoms with Gasteiger partial charge in [-0.1, -0.05) is 0 Å². The molecule has 8 heteroatoms. The van der Waals surface area contributed by atoms with Crippen LogP contribution in [0.5, 0.6) is 0 Å². The van der Waals surface area contributed by atoms with Gasteiger partial charge in [-0.05, 0) is 25.1 Å². The average molecular weight is 285 g/mol. The van der Waals surface area contributed by atoms with Gasteiger partial charge >= 0.3 is 0 Å². The van der Waals surface area contributed by atoms with Gasteiger partial charge in [-0.3, -0.25) is 0 Å². The molecule has 1 aromatic heterocycles. The Morgan fingerprint density at radius 3 is 2.58 bits per heavy atom. The van der Waals surface area contributed by atoms with E-state index in [1.807, 2.05) is 4.72 Å². The van der Waals surface area contributed by atoms with Crippen molar-refractivity contribution in [3.63, 3.8) is 0 Å². The molecule has 2 aromatic rings. The fourth-order valence-electron chi connectivity index (χ4n) is 1.37. The first-order valence-corrected chi connectivity index (χ1v) is 6.64. The number of sulfonamides is 1. The molecular weight excluding hydrogens is 276 g/mol. The van der Waals surface area contributed by atoms with Gasteiger partial charge in [0.1, 0.15) is 16.5 Å². The number of aromatic nitrogens is 2. The van der Waals surface area contributed by atoms with Gasteiger partial charge < -0.3 is 0 Å². The molecule has 100 valence electrons. The highest BCUT2D eigenvalue weighted by atomic mass is 32.2. The van der Waals surface area contributed by atoms with Crippen LogP contribution in [0, 0.1) is 18.6 Å². The third-order valence-corrected chi connectivity index (χ3v) is 3.57. The highest BCUT2D eigenvalue weighted by Gasteiger charge is 2.20. The van der Waals surface area contributed by atoms with E-state index in [1.54, 1.807) is 13.0 Å². The minimum Gasteiger partial charge on any atom is -0.247 e. The Kier molecular flexibility index (Phi) is 3.43. The van der Waals surface area contributed by atoms with Crippen molar-refractivity contribution in [3.05, 3.63) is 47.8 Å². The molecule has 0 saturated carbocycles. The monoisotopic (exact) mass is 285 g/mol. The number of rotatable bonds is 3. The van der Waals surface area contributed by atoms with E-state index in [2.05, 4.69) is 9.97 Å². The zero-order valence-electron chi connectivity index (χ0n) is 9.76. The molecule has 0 aliphatic carbocycles. The van der Waals surface area contributed by atoms with Crippen molar-refractivity contribution in [3.8, 4) is 0 Å². The predicted molar refractivity (Wildman–Crippen MR) is 63.9 cm³/mol. The average Bonchev–Trinajstić information content (AvgIpc) is 2.27. The van der Waals surface area contributed by atoms with Crippen LogP contribution in [0.2, 0.25) is 0 Å². The number of halogens is 2. The zero-order valence-corrected chi connectivity index (χ0v) is 10.6. The summed E-state index contributed by atoms with van der Waals surface area (Å²) in [7, 11) is -4.19. The van der Waals surface area contributed by atoms with Gasteiger partial charge in [0, 0.05) is 18.0 Å². The number of benzene rings is 1. The second-order valence-electron chi connectivity index (χ2n) is 3.70. The van der Waals surface area contributed by atoms with E-state index in [0.717, 1.165) is 12.1 Å². The molecule has 5 nitrogen and oxygen atoms in total. The van der Waals surface area contributed by atoms with Crippen molar-refractivity contribution in [2.24, 2.45) is 0 Å². The van der Waals surface area contributed by atoms with Crippen molar-refractivity contribution >= 4 is 16.0 Å². The molecule has 1 heterocycles. The second kappa shape index (κ2) is 4.88. The maximum Gasteiger partial charge on any atom is 0.267 e. The van der Waals surface area contributed by atoms with Crippen molar-refractivity contribution in [2.75, 3.05) is 4.72 Å². The van der Waals surface area contributed by atoms with Gasteiger partial charge in [0.2, 0.25) is 5.95 Å². The van der Waals surface area contributed by atoms with Crippen LogP contribution in [0.4, 0.5) is 14.7 Å². The van der Waals surface area contributed by atoms with Gasteiger partial charge in [0.05, 0.1) is 0 Å². The molecule has 0 aliphatic rings. The molecule has 0 aliphatic heterocycles. The number of aryl methyl sites for hydroxylation is 1. The number of hydrogen-bond donors (Lipinski definition) is 1. The quantitative estimate of drug-likeness (QED) is 0.934. The van der Waals surface area contributed by atoms with Crippen LogP contribution in [0.25, 0.3) is 0 Å². The van der Waals surface area contributed by atoms with Crippen LogP contribution in [-0.4, -0.2) is 18.4 Å². The SMILES string of the molecule is Cc1ccnc(NS(=O)(=O)c2ccc(F)cc2F)n1. The number of hydrogen-bond acceptors (Lipinski definition) is 4. The molecule has 0 unspecified atom stereocenters. The van der Waals surface area contributed by atoms with Crippen molar-refractivity contribution in [2.45, 2.75) is 11.8 Å². The smallest absolute Gasteiger partial charge is 0.247 e. The number of nitrogens with zero attached hydrogens (tertiary/aromatic N) is 2. The van der Waals surface area contributed by atoms with E-state index in [9.17, 15) is 17.2 Å². The predicted octanol–water partition coefficient (Wildman–Crippen LogP) is 1.86. The molecule has 2 rings (SSSR count). The van der Waals surface area contributed by atoms with Crippen LogP contribution >= 0.6 is 0 Å².